The molecule has 0 spiro atoms. The number of hydrogen-bond acceptors (Lipinski definition) is 9. The first-order valence-electron chi connectivity index (χ1n) is 13.4. The normalized spacial score (nSPS) is 22.6. The van der Waals surface area contributed by atoms with E-state index in [-0.39, 0.29) is 6.10 Å². The fourth-order valence-electron chi connectivity index (χ4n) is 6.26. The van der Waals surface area contributed by atoms with Crippen molar-refractivity contribution in [3.63, 3.8) is 0 Å². The molecule has 39 heavy (non-hydrogen) atoms. The van der Waals surface area contributed by atoms with E-state index in [4.69, 9.17) is 9.72 Å². The molecule has 10 nitrogen and oxygen atoms in total. The monoisotopic (exact) mass is 522 g/mol. The fraction of sp³-hybridized carbons (Fsp3) is 0.379. The van der Waals surface area contributed by atoms with Gasteiger partial charge in [-0.05, 0) is 36.6 Å². The zero-order valence-corrected chi connectivity index (χ0v) is 21.8. The predicted molar refractivity (Wildman–Crippen MR) is 147 cm³/mol. The van der Waals surface area contributed by atoms with Gasteiger partial charge in [0.15, 0.2) is 0 Å². The number of aliphatic hydroxyl groups excluding tert-OH is 1. The Bertz CT molecular complexity index is 1530. The van der Waals surface area contributed by atoms with Gasteiger partial charge in [0.2, 0.25) is 5.88 Å². The Morgan fingerprint density at radius 3 is 2.59 bits per heavy atom. The van der Waals surface area contributed by atoms with Crippen LogP contribution in [-0.2, 0) is 6.54 Å². The Morgan fingerprint density at radius 2 is 1.92 bits per heavy atom. The Balaban J connectivity index is 1.10. The maximum Gasteiger partial charge on any atom is 0.212 e. The van der Waals surface area contributed by atoms with Crippen molar-refractivity contribution in [1.82, 2.24) is 24.5 Å². The molecule has 4 aromatic heterocycles. The number of anilines is 2. The fourth-order valence-corrected chi connectivity index (χ4v) is 6.26. The highest BCUT2D eigenvalue weighted by molar-refractivity contribution is 5.86. The van der Waals surface area contributed by atoms with Crippen molar-refractivity contribution >= 4 is 17.0 Å². The predicted octanol–water partition coefficient (Wildman–Crippen LogP) is 2.71. The molecule has 3 unspecified atom stereocenters. The van der Waals surface area contributed by atoms with Crippen LogP contribution in [0.1, 0.15) is 24.0 Å². The van der Waals surface area contributed by atoms with Gasteiger partial charge in [-0.3, -0.25) is 4.90 Å². The minimum Gasteiger partial charge on any atom is -0.481 e. The van der Waals surface area contributed by atoms with Gasteiger partial charge in [0.1, 0.15) is 11.9 Å². The molecular formula is C29H30N8O2. The third-order valence-electron chi connectivity index (χ3n) is 8.35. The standard InChI is InChI=1S/C29H30N8O2/c1-39-28-5-2-19(11-32-28)14-36-23-8-24(36)16-35(15-23)27-4-3-20(12-31-27)26-9-22(34-7-6-25(38)18-34)17-37-29(26)21(10-30)13-33-37/h2-5,9,11-13,17,23-25,38H,6-8,14-16,18H2,1H3. The molecule has 4 aliphatic heterocycles. The van der Waals surface area contributed by atoms with Crippen LogP contribution in [0.3, 0.4) is 0 Å². The lowest BCUT2D eigenvalue weighted by Crippen LogP contribution is -2.68. The first-order valence-corrected chi connectivity index (χ1v) is 13.4. The second-order valence-electron chi connectivity index (χ2n) is 10.7. The smallest absolute Gasteiger partial charge is 0.212 e. The summed E-state index contributed by atoms with van der Waals surface area (Å²) < 4.78 is 6.95. The average molecular weight is 523 g/mol. The van der Waals surface area contributed by atoms with E-state index in [0.717, 1.165) is 60.7 Å². The molecule has 8 heterocycles. The number of ether oxygens (including phenoxy) is 1. The van der Waals surface area contributed by atoms with E-state index in [1.165, 1.54) is 12.0 Å². The first-order chi connectivity index (χ1) is 19.1. The number of aromatic nitrogens is 4. The molecule has 8 rings (SSSR count). The van der Waals surface area contributed by atoms with Gasteiger partial charge < -0.3 is 19.6 Å². The first kappa shape index (κ1) is 23.9. The highest BCUT2D eigenvalue weighted by Gasteiger charge is 2.44. The molecular weight excluding hydrogens is 492 g/mol. The second kappa shape index (κ2) is 9.52. The molecule has 0 aliphatic carbocycles. The van der Waals surface area contributed by atoms with E-state index in [9.17, 15) is 10.4 Å². The van der Waals surface area contributed by atoms with E-state index in [1.54, 1.807) is 17.8 Å². The Morgan fingerprint density at radius 1 is 1.05 bits per heavy atom. The lowest BCUT2D eigenvalue weighted by Gasteiger charge is -2.56. The zero-order valence-electron chi connectivity index (χ0n) is 21.8. The van der Waals surface area contributed by atoms with E-state index >= 15 is 0 Å². The SMILES string of the molecule is COc1ccc(CN2C3CC2CN(c2ccc(-c4cc(N5CCC(O)C5)cn5ncc(C#N)c45)cn2)C3)cn1. The van der Waals surface area contributed by atoms with Crippen LogP contribution in [0, 0.1) is 11.3 Å². The number of piperazine rings is 1. The van der Waals surface area contributed by atoms with Crippen LogP contribution in [0.2, 0.25) is 0 Å². The van der Waals surface area contributed by atoms with Crippen molar-refractivity contribution in [2.75, 3.05) is 43.1 Å². The molecule has 0 radical (unpaired) electrons. The largest absolute Gasteiger partial charge is 0.481 e. The van der Waals surface area contributed by atoms with Crippen LogP contribution in [0.25, 0.3) is 16.6 Å². The highest BCUT2D eigenvalue weighted by atomic mass is 16.5. The third kappa shape index (κ3) is 4.24. The van der Waals surface area contributed by atoms with Gasteiger partial charge in [-0.15, -0.1) is 0 Å². The minimum absolute atomic E-state index is 0.322. The number of β-amino-alcohol motifs (C(OH)–C–C–N with tert-alkyl or cyclic N) is 1. The molecule has 4 saturated heterocycles. The van der Waals surface area contributed by atoms with E-state index in [1.807, 2.05) is 24.7 Å². The summed E-state index contributed by atoms with van der Waals surface area (Å²) >= 11 is 0. The molecule has 2 bridgehead atoms. The van der Waals surface area contributed by atoms with Crippen LogP contribution in [0.4, 0.5) is 11.5 Å². The van der Waals surface area contributed by atoms with Crippen molar-refractivity contribution in [3.8, 4) is 23.1 Å². The number of aliphatic hydroxyl groups is 1. The lowest BCUT2D eigenvalue weighted by molar-refractivity contribution is -0.00876. The number of hydrogen-bond donors (Lipinski definition) is 1. The van der Waals surface area contributed by atoms with Crippen LogP contribution >= 0.6 is 0 Å². The van der Waals surface area contributed by atoms with Gasteiger partial charge in [0.25, 0.3) is 0 Å². The number of nitrogens with zero attached hydrogens (tertiary/aromatic N) is 8. The van der Waals surface area contributed by atoms with Gasteiger partial charge in [0, 0.05) is 74.4 Å². The quantitative estimate of drug-likeness (QED) is 0.409. The van der Waals surface area contributed by atoms with Crippen LogP contribution in [-0.4, -0.2) is 81.1 Å². The van der Waals surface area contributed by atoms with Gasteiger partial charge in [-0.25, -0.2) is 14.5 Å². The van der Waals surface area contributed by atoms with Gasteiger partial charge in [-0.2, -0.15) is 10.4 Å². The molecule has 10 heteroatoms. The van der Waals surface area contributed by atoms with Gasteiger partial charge in [0.05, 0.1) is 42.4 Å². The summed E-state index contributed by atoms with van der Waals surface area (Å²) in [4.78, 5) is 16.3. The third-order valence-corrected chi connectivity index (χ3v) is 8.35. The maximum absolute atomic E-state index is 10.1. The Labute approximate surface area is 226 Å². The van der Waals surface area contributed by atoms with Gasteiger partial charge >= 0.3 is 0 Å². The molecule has 3 atom stereocenters. The number of nitriles is 1. The summed E-state index contributed by atoms with van der Waals surface area (Å²) in [6.45, 7) is 4.19. The van der Waals surface area contributed by atoms with Crippen molar-refractivity contribution in [3.05, 3.63) is 66.2 Å². The summed E-state index contributed by atoms with van der Waals surface area (Å²) in [5.74, 6) is 1.62. The summed E-state index contributed by atoms with van der Waals surface area (Å²) in [6, 6.07) is 13.6. The molecule has 4 fully saturated rings. The van der Waals surface area contributed by atoms with Gasteiger partial charge in [-0.1, -0.05) is 6.07 Å². The van der Waals surface area contributed by atoms with Crippen LogP contribution in [0.5, 0.6) is 5.88 Å². The number of methoxy groups -OCH3 is 1. The molecule has 4 aliphatic rings. The Hall–Kier alpha value is -4.20. The van der Waals surface area contributed by atoms with Crippen molar-refractivity contribution in [2.45, 2.75) is 37.6 Å². The van der Waals surface area contributed by atoms with Crippen molar-refractivity contribution in [1.29, 1.82) is 5.26 Å². The Kier molecular flexibility index (Phi) is 5.83. The summed E-state index contributed by atoms with van der Waals surface area (Å²) in [7, 11) is 1.64. The minimum atomic E-state index is -0.322. The number of fused-ring (bicyclic) bond motifs is 3. The molecule has 0 saturated carbocycles. The molecule has 1 N–H and O–H groups in total. The van der Waals surface area contributed by atoms with E-state index in [2.05, 4.69) is 55.1 Å². The molecule has 0 amide bonds. The van der Waals surface area contributed by atoms with E-state index in [0.29, 0.717) is 30.1 Å². The van der Waals surface area contributed by atoms with Crippen molar-refractivity contribution < 1.29 is 9.84 Å². The zero-order chi connectivity index (χ0) is 26.5. The molecule has 4 aromatic rings. The summed E-state index contributed by atoms with van der Waals surface area (Å²) in [5, 5.41) is 24.2. The second-order valence-corrected chi connectivity index (χ2v) is 10.7. The van der Waals surface area contributed by atoms with Crippen molar-refractivity contribution in [2.24, 2.45) is 0 Å². The highest BCUT2D eigenvalue weighted by Crippen LogP contribution is 2.37. The van der Waals surface area contributed by atoms with Crippen LogP contribution < -0.4 is 14.5 Å². The number of pyridine rings is 3. The molecule has 0 aromatic carbocycles. The molecule has 198 valence electrons. The maximum atomic E-state index is 10.1. The number of rotatable bonds is 6. The number of piperidine rings is 1. The van der Waals surface area contributed by atoms with E-state index < -0.39 is 0 Å². The lowest BCUT2D eigenvalue weighted by atomic mass is 9.87. The van der Waals surface area contributed by atoms with Crippen LogP contribution in [0.15, 0.2) is 55.1 Å². The summed E-state index contributed by atoms with van der Waals surface area (Å²) in [6.07, 6.45) is 9.00. The topological polar surface area (TPSA) is 106 Å². The average Bonchev–Trinajstić information content (AvgIpc) is 3.62. The summed E-state index contributed by atoms with van der Waals surface area (Å²) in [5.41, 5.74) is 5.36.